The molecular weight excluding hydrogens is 589 g/mol. The quantitative estimate of drug-likeness (QED) is 0.361. The van der Waals surface area contributed by atoms with E-state index in [1.54, 1.807) is 16.4 Å². The maximum Gasteiger partial charge on any atom is 0.214 e. The van der Waals surface area contributed by atoms with E-state index >= 15 is 4.39 Å². The normalized spacial score (nSPS) is 28.5. The molecule has 2 aromatic rings. The van der Waals surface area contributed by atoms with Gasteiger partial charge in [-0.05, 0) is 99.1 Å². The lowest BCUT2D eigenvalue weighted by molar-refractivity contribution is -0.120. The number of ether oxygens (including phenoxy) is 1. The van der Waals surface area contributed by atoms with Crippen LogP contribution >= 0.6 is 11.6 Å². The third kappa shape index (κ3) is 7.86. The molecule has 43 heavy (non-hydrogen) atoms. The van der Waals surface area contributed by atoms with Crippen LogP contribution < -0.4 is 11.1 Å². The molecular formula is C33H45ClFN3O4S. The van der Waals surface area contributed by atoms with Crippen LogP contribution in [0.25, 0.3) is 0 Å². The first-order valence-corrected chi connectivity index (χ1v) is 17.8. The lowest BCUT2D eigenvalue weighted by atomic mass is 9.71. The second-order valence-electron chi connectivity index (χ2n) is 12.4. The second kappa shape index (κ2) is 14.5. The van der Waals surface area contributed by atoms with E-state index in [1.165, 1.54) is 6.07 Å². The van der Waals surface area contributed by atoms with Crippen molar-refractivity contribution in [2.75, 3.05) is 25.4 Å². The Bertz CT molecular complexity index is 1350. The summed E-state index contributed by atoms with van der Waals surface area (Å²) in [5, 5.41) is 4.10. The van der Waals surface area contributed by atoms with Crippen LogP contribution in [-0.4, -0.2) is 68.2 Å². The van der Waals surface area contributed by atoms with Gasteiger partial charge in [0.25, 0.3) is 0 Å². The summed E-state index contributed by atoms with van der Waals surface area (Å²) < 4.78 is 48.6. The molecule has 0 amide bonds. The zero-order valence-corrected chi connectivity index (χ0v) is 26.6. The Morgan fingerprint density at radius 2 is 1.88 bits per heavy atom. The molecule has 0 spiro atoms. The summed E-state index contributed by atoms with van der Waals surface area (Å²) in [5.74, 6) is -0.305. The number of ketones is 1. The number of nitrogens with zero attached hydrogens (tertiary/aromatic N) is 1. The van der Waals surface area contributed by atoms with Gasteiger partial charge in [-0.15, -0.1) is 0 Å². The molecule has 236 valence electrons. The highest BCUT2D eigenvalue weighted by Crippen LogP contribution is 2.39. The highest BCUT2D eigenvalue weighted by Gasteiger charge is 2.39. The fraction of sp³-hybridized carbons (Fsp3) is 0.606. The molecule has 5 atom stereocenters. The van der Waals surface area contributed by atoms with Crippen molar-refractivity contribution in [3.8, 4) is 0 Å². The average molecular weight is 634 g/mol. The molecule has 1 unspecified atom stereocenters. The molecule has 3 N–H and O–H groups in total. The Hall–Kier alpha value is -1.88. The summed E-state index contributed by atoms with van der Waals surface area (Å²) in [7, 11) is -3.34. The predicted molar refractivity (Wildman–Crippen MR) is 168 cm³/mol. The molecule has 7 nitrogen and oxygen atoms in total. The highest BCUT2D eigenvalue weighted by molar-refractivity contribution is 7.89. The van der Waals surface area contributed by atoms with Crippen molar-refractivity contribution in [2.24, 2.45) is 11.7 Å². The van der Waals surface area contributed by atoms with Gasteiger partial charge in [0.1, 0.15) is 5.82 Å². The van der Waals surface area contributed by atoms with Gasteiger partial charge in [0.05, 0.1) is 17.9 Å². The Labute approximate surface area is 260 Å². The zero-order chi connectivity index (χ0) is 30.6. The first kappa shape index (κ1) is 32.5. The van der Waals surface area contributed by atoms with Gasteiger partial charge in [-0.25, -0.2) is 12.8 Å². The first-order chi connectivity index (χ1) is 20.7. The summed E-state index contributed by atoms with van der Waals surface area (Å²) in [6, 6.07) is 11.6. The Morgan fingerprint density at radius 3 is 2.60 bits per heavy atom. The maximum absolute atomic E-state index is 15.3. The van der Waals surface area contributed by atoms with Gasteiger partial charge >= 0.3 is 0 Å². The Morgan fingerprint density at radius 1 is 1.14 bits per heavy atom. The van der Waals surface area contributed by atoms with Gasteiger partial charge in [0, 0.05) is 49.1 Å². The smallest absolute Gasteiger partial charge is 0.214 e. The molecule has 2 aromatic carbocycles. The fourth-order valence-corrected chi connectivity index (χ4v) is 9.35. The fourth-order valence-electron chi connectivity index (χ4n) is 7.42. The molecule has 0 aromatic heterocycles. The van der Waals surface area contributed by atoms with Crippen molar-refractivity contribution < 1.29 is 22.3 Å². The standard InChI is InChI=1S/C33H45ClFN3O4S/c1-2-42-28-15-10-23(11-16-28)32(22-8-12-25(34)13-9-22)33(36)31(39)19-24-5-3-7-30(35)29(24)17-14-27-20-37-26-6-4-18-43(40,41)38(27)21-26/h3,5,7-9,12-13,23,26-28,32-33,37H,2,4,6,10-11,14-21,36H2,1H3/t23?,26-,27+,28?,32+,33-/m1/s1. The van der Waals surface area contributed by atoms with E-state index in [0.29, 0.717) is 55.1 Å². The van der Waals surface area contributed by atoms with Crippen LogP contribution in [0.1, 0.15) is 74.5 Å². The Kier molecular flexibility index (Phi) is 10.9. The minimum absolute atomic E-state index is 0.0274. The van der Waals surface area contributed by atoms with E-state index in [2.05, 4.69) is 5.32 Å². The number of nitrogens with one attached hydrogen (secondary N) is 1. The lowest BCUT2D eigenvalue weighted by Gasteiger charge is -2.37. The van der Waals surface area contributed by atoms with Crippen molar-refractivity contribution in [1.29, 1.82) is 0 Å². The van der Waals surface area contributed by atoms with E-state index in [-0.39, 0.29) is 53.8 Å². The summed E-state index contributed by atoms with van der Waals surface area (Å²) in [5.41, 5.74) is 8.88. The number of Topliss-reactive ketones (excluding diaryl/α,β-unsaturated/α-hetero) is 1. The molecule has 2 heterocycles. The van der Waals surface area contributed by atoms with Gasteiger partial charge < -0.3 is 15.8 Å². The molecule has 0 radical (unpaired) electrons. The van der Waals surface area contributed by atoms with Crippen LogP contribution in [0.15, 0.2) is 42.5 Å². The van der Waals surface area contributed by atoms with Gasteiger partial charge in [-0.2, -0.15) is 4.31 Å². The van der Waals surface area contributed by atoms with Crippen molar-refractivity contribution >= 4 is 27.4 Å². The number of sulfonamides is 1. The average Bonchev–Trinajstić information content (AvgIpc) is 3.10. The second-order valence-corrected chi connectivity index (χ2v) is 14.9. The van der Waals surface area contributed by atoms with Crippen LogP contribution in [0.4, 0.5) is 4.39 Å². The summed E-state index contributed by atoms with van der Waals surface area (Å²) in [6.07, 6.45) is 6.27. The number of nitrogens with two attached hydrogens (primary N) is 1. The maximum atomic E-state index is 15.3. The van der Waals surface area contributed by atoms with Crippen molar-refractivity contribution in [3.05, 3.63) is 70.0 Å². The van der Waals surface area contributed by atoms with E-state index in [0.717, 1.165) is 37.7 Å². The first-order valence-electron chi connectivity index (χ1n) is 15.8. The monoisotopic (exact) mass is 633 g/mol. The molecule has 1 saturated carbocycles. The van der Waals surface area contributed by atoms with Crippen LogP contribution in [-0.2, 0) is 32.4 Å². The number of hydrogen-bond acceptors (Lipinski definition) is 6. The minimum atomic E-state index is -3.34. The van der Waals surface area contributed by atoms with Gasteiger partial charge in [-0.3, -0.25) is 4.79 Å². The topological polar surface area (TPSA) is 102 Å². The number of carbonyl (C=O) groups is 1. The van der Waals surface area contributed by atoms with Crippen molar-refractivity contribution in [1.82, 2.24) is 9.62 Å². The van der Waals surface area contributed by atoms with Crippen molar-refractivity contribution in [2.45, 2.75) is 94.9 Å². The van der Waals surface area contributed by atoms with Crippen LogP contribution in [0.5, 0.6) is 0 Å². The Balaban J connectivity index is 1.31. The molecule has 2 bridgehead atoms. The number of hydrogen-bond donors (Lipinski definition) is 2. The van der Waals surface area contributed by atoms with E-state index in [4.69, 9.17) is 22.1 Å². The third-order valence-electron chi connectivity index (χ3n) is 9.71. The van der Waals surface area contributed by atoms with Crippen LogP contribution in [0.3, 0.4) is 0 Å². The van der Waals surface area contributed by atoms with Crippen LogP contribution in [0.2, 0.25) is 5.02 Å². The number of halogens is 2. The largest absolute Gasteiger partial charge is 0.379 e. The molecule has 2 saturated heterocycles. The van der Waals surface area contributed by atoms with Crippen molar-refractivity contribution in [3.63, 3.8) is 0 Å². The number of piperazine rings is 1. The van der Waals surface area contributed by atoms with Crippen LogP contribution in [0, 0.1) is 11.7 Å². The third-order valence-corrected chi connectivity index (χ3v) is 11.9. The van der Waals surface area contributed by atoms with Gasteiger partial charge in [0.2, 0.25) is 10.0 Å². The minimum Gasteiger partial charge on any atom is -0.379 e. The molecule has 5 rings (SSSR count). The summed E-state index contributed by atoms with van der Waals surface area (Å²) in [4.78, 5) is 13.8. The van der Waals surface area contributed by atoms with E-state index < -0.39 is 16.1 Å². The lowest BCUT2D eigenvalue weighted by Crippen LogP contribution is -2.57. The molecule has 1 aliphatic carbocycles. The van der Waals surface area contributed by atoms with Gasteiger partial charge in [0.15, 0.2) is 5.78 Å². The number of benzene rings is 2. The predicted octanol–water partition coefficient (Wildman–Crippen LogP) is 5.00. The summed E-state index contributed by atoms with van der Waals surface area (Å²) in [6.45, 7) is 3.71. The zero-order valence-electron chi connectivity index (χ0n) is 25.0. The molecule has 10 heteroatoms. The highest BCUT2D eigenvalue weighted by atomic mass is 35.5. The number of carbonyl (C=O) groups excluding carboxylic acids is 1. The molecule has 3 aliphatic rings. The van der Waals surface area contributed by atoms with E-state index in [9.17, 15) is 13.2 Å². The summed E-state index contributed by atoms with van der Waals surface area (Å²) >= 11 is 6.19. The SMILES string of the molecule is CCOC1CCC([C@H](c2ccc(Cl)cc2)[C@H](N)C(=O)Cc2cccc(F)c2CC[C@H]2CN[C@@H]3CCCS(=O)(=O)N2C3)CC1. The number of rotatable bonds is 11. The molecule has 3 fully saturated rings. The number of fused-ring (bicyclic) bond motifs is 2. The molecule has 2 aliphatic heterocycles. The van der Waals surface area contributed by atoms with E-state index in [1.807, 2.05) is 31.2 Å². The van der Waals surface area contributed by atoms with Gasteiger partial charge in [-0.1, -0.05) is 35.9 Å².